The molecule has 0 spiro atoms. The van der Waals surface area contributed by atoms with Crippen LogP contribution in [0.1, 0.15) is 70.8 Å². The van der Waals surface area contributed by atoms with Gasteiger partial charge in [-0.15, -0.1) is 0 Å². The Morgan fingerprint density at radius 3 is 2.76 bits per heavy atom. The van der Waals surface area contributed by atoms with Crippen molar-refractivity contribution in [1.29, 1.82) is 0 Å². The summed E-state index contributed by atoms with van der Waals surface area (Å²) in [5.41, 5.74) is 1.89. The van der Waals surface area contributed by atoms with Gasteiger partial charge in [-0.25, -0.2) is 4.99 Å². The fourth-order valence-electron chi connectivity index (χ4n) is 4.98. The number of guanidine groups is 1. The zero-order chi connectivity index (χ0) is 24.1. The number of hydrogen-bond donors (Lipinski definition) is 1. The van der Waals surface area contributed by atoms with Crippen molar-refractivity contribution < 1.29 is 23.9 Å². The summed E-state index contributed by atoms with van der Waals surface area (Å²) in [6, 6.07) is 5.97. The van der Waals surface area contributed by atoms with Crippen LogP contribution in [0.4, 0.5) is 5.69 Å². The van der Waals surface area contributed by atoms with Crippen molar-refractivity contribution in [1.82, 2.24) is 15.1 Å². The summed E-state index contributed by atoms with van der Waals surface area (Å²) < 4.78 is 11.2. The molecule has 2 aliphatic heterocycles. The Morgan fingerprint density at radius 2 is 2.00 bits per heavy atom. The molecule has 9 heteroatoms. The molecule has 1 atom stereocenters. The highest BCUT2D eigenvalue weighted by atomic mass is 16.6. The quantitative estimate of drug-likeness (QED) is 0.320. The fourth-order valence-corrected chi connectivity index (χ4v) is 4.98. The molecule has 0 radical (unpaired) electrons. The number of unbranched alkanes of at least 4 members (excludes halogenated alkanes) is 2. The third kappa shape index (κ3) is 5.87. The number of benzene rings is 1. The van der Waals surface area contributed by atoms with Crippen molar-refractivity contribution in [3.8, 4) is 5.75 Å². The van der Waals surface area contributed by atoms with E-state index in [1.807, 2.05) is 23.1 Å². The third-order valence-corrected chi connectivity index (χ3v) is 6.56. The summed E-state index contributed by atoms with van der Waals surface area (Å²) in [6.45, 7) is 4.70. The number of fused-ring (bicyclic) bond motifs is 2. The van der Waals surface area contributed by atoms with Crippen molar-refractivity contribution in [3.05, 3.63) is 23.8 Å². The van der Waals surface area contributed by atoms with Crippen LogP contribution < -0.4 is 10.1 Å². The second kappa shape index (κ2) is 10.9. The minimum atomic E-state index is -0.518. The minimum Gasteiger partial charge on any atom is -0.494 e. The maximum absolute atomic E-state index is 12.9. The number of hydrogen-bond acceptors (Lipinski definition) is 7. The van der Waals surface area contributed by atoms with Crippen LogP contribution in [0.2, 0.25) is 0 Å². The highest BCUT2D eigenvalue weighted by Crippen LogP contribution is 2.30. The first-order valence-corrected chi connectivity index (χ1v) is 12.3. The van der Waals surface area contributed by atoms with Crippen LogP contribution in [0.5, 0.6) is 5.75 Å². The molecule has 1 unspecified atom stereocenters. The van der Waals surface area contributed by atoms with Crippen LogP contribution in [0.15, 0.2) is 23.2 Å². The summed E-state index contributed by atoms with van der Waals surface area (Å²) in [5, 5.41) is 2.77. The second-order valence-electron chi connectivity index (χ2n) is 9.24. The SMILES string of the molecule is CC(=O)OC(C)N(C(=O)CCCCCOc1ccc2c(c1)CN1CC(=O)NC1=N2)C1CCCC1. The van der Waals surface area contributed by atoms with E-state index >= 15 is 0 Å². The molecule has 2 heterocycles. The van der Waals surface area contributed by atoms with Gasteiger partial charge in [0.25, 0.3) is 0 Å². The van der Waals surface area contributed by atoms with Crippen LogP contribution in [0, 0.1) is 0 Å². The van der Waals surface area contributed by atoms with Crippen LogP contribution in [-0.2, 0) is 25.7 Å². The van der Waals surface area contributed by atoms with E-state index in [0.29, 0.717) is 32.1 Å². The maximum atomic E-state index is 12.9. The molecule has 4 rings (SSSR count). The van der Waals surface area contributed by atoms with Crippen molar-refractivity contribution in [2.45, 2.75) is 84.0 Å². The van der Waals surface area contributed by atoms with E-state index in [0.717, 1.165) is 61.9 Å². The molecule has 3 aliphatic rings. The molecule has 0 bridgehead atoms. The van der Waals surface area contributed by atoms with E-state index in [1.165, 1.54) is 6.92 Å². The summed E-state index contributed by atoms with van der Waals surface area (Å²) >= 11 is 0. The van der Waals surface area contributed by atoms with Crippen molar-refractivity contribution >= 4 is 29.4 Å². The van der Waals surface area contributed by atoms with Gasteiger partial charge in [-0.3, -0.25) is 19.7 Å². The van der Waals surface area contributed by atoms with E-state index in [4.69, 9.17) is 9.47 Å². The van der Waals surface area contributed by atoms with Crippen molar-refractivity contribution in [3.63, 3.8) is 0 Å². The molecule has 9 nitrogen and oxygen atoms in total. The third-order valence-electron chi connectivity index (χ3n) is 6.56. The van der Waals surface area contributed by atoms with Gasteiger partial charge < -0.3 is 19.3 Å². The van der Waals surface area contributed by atoms with Crippen LogP contribution >= 0.6 is 0 Å². The molecule has 2 amide bonds. The van der Waals surface area contributed by atoms with Gasteiger partial charge in [-0.05, 0) is 57.2 Å². The van der Waals surface area contributed by atoms with Crippen LogP contribution in [0.25, 0.3) is 0 Å². The average molecular weight is 471 g/mol. The standard InChI is InChI=1S/C25H34N4O5/c1-17(34-18(2)30)29(20-8-5-6-9-20)24(32)10-4-3-7-13-33-21-11-12-22-19(14-21)15-28-16-23(31)27-25(28)26-22/h11-12,14,17,20H,3-10,13,15-16H2,1-2H3,(H,26,27,31). The van der Waals surface area contributed by atoms with Gasteiger partial charge in [0, 0.05) is 31.5 Å². The van der Waals surface area contributed by atoms with Gasteiger partial charge in [0.15, 0.2) is 6.23 Å². The lowest BCUT2D eigenvalue weighted by Gasteiger charge is -2.34. The van der Waals surface area contributed by atoms with Gasteiger partial charge in [-0.1, -0.05) is 12.8 Å². The van der Waals surface area contributed by atoms with Gasteiger partial charge in [0.2, 0.25) is 17.8 Å². The molecule has 1 N–H and O–H groups in total. The molecule has 34 heavy (non-hydrogen) atoms. The largest absolute Gasteiger partial charge is 0.494 e. The number of aliphatic imine (C=N–C) groups is 1. The van der Waals surface area contributed by atoms with Gasteiger partial charge >= 0.3 is 5.97 Å². The normalized spacial score (nSPS) is 18.0. The lowest BCUT2D eigenvalue weighted by Crippen LogP contribution is -2.46. The lowest BCUT2D eigenvalue weighted by atomic mass is 10.1. The Labute approximate surface area is 200 Å². The van der Waals surface area contributed by atoms with Crippen molar-refractivity contribution in [2.75, 3.05) is 13.2 Å². The number of nitrogens with zero attached hydrogens (tertiary/aromatic N) is 3. The molecular formula is C25H34N4O5. The Morgan fingerprint density at radius 1 is 1.21 bits per heavy atom. The molecule has 0 aromatic heterocycles. The molecule has 1 aromatic carbocycles. The number of ether oxygens (including phenoxy) is 2. The molecule has 1 saturated heterocycles. The topological polar surface area (TPSA) is 101 Å². The summed E-state index contributed by atoms with van der Waals surface area (Å²) in [4.78, 5) is 44.1. The summed E-state index contributed by atoms with van der Waals surface area (Å²) in [7, 11) is 0. The van der Waals surface area contributed by atoms with E-state index in [9.17, 15) is 14.4 Å². The average Bonchev–Trinajstić information content (AvgIpc) is 3.42. The van der Waals surface area contributed by atoms with E-state index in [2.05, 4.69) is 10.3 Å². The van der Waals surface area contributed by atoms with Gasteiger partial charge in [0.05, 0.1) is 12.3 Å². The Hall–Kier alpha value is -3.10. The fraction of sp³-hybridized carbons (Fsp3) is 0.600. The molecule has 1 saturated carbocycles. The van der Waals surface area contributed by atoms with Crippen LogP contribution in [0.3, 0.4) is 0 Å². The number of rotatable bonds is 10. The zero-order valence-electron chi connectivity index (χ0n) is 20.0. The van der Waals surface area contributed by atoms with E-state index < -0.39 is 6.23 Å². The number of carbonyl (C=O) groups excluding carboxylic acids is 3. The van der Waals surface area contributed by atoms with Gasteiger partial charge in [-0.2, -0.15) is 0 Å². The van der Waals surface area contributed by atoms with Gasteiger partial charge in [0.1, 0.15) is 12.3 Å². The minimum absolute atomic E-state index is 0.0336. The predicted molar refractivity (Wildman–Crippen MR) is 126 cm³/mol. The number of nitrogens with one attached hydrogen (secondary N) is 1. The highest BCUT2D eigenvalue weighted by molar-refractivity contribution is 6.05. The first-order valence-electron chi connectivity index (χ1n) is 12.3. The number of amides is 2. The smallest absolute Gasteiger partial charge is 0.304 e. The molecular weight excluding hydrogens is 436 g/mol. The Bertz CT molecular complexity index is 957. The monoisotopic (exact) mass is 470 g/mol. The Balaban J connectivity index is 1.19. The Kier molecular flexibility index (Phi) is 7.70. The maximum Gasteiger partial charge on any atom is 0.304 e. The zero-order valence-corrected chi connectivity index (χ0v) is 20.0. The predicted octanol–water partition coefficient (Wildman–Crippen LogP) is 3.24. The summed E-state index contributed by atoms with van der Waals surface area (Å²) in [5.74, 6) is 1.07. The number of carbonyl (C=O) groups is 3. The molecule has 2 fully saturated rings. The molecule has 1 aliphatic carbocycles. The second-order valence-corrected chi connectivity index (χ2v) is 9.24. The van der Waals surface area contributed by atoms with E-state index in [1.54, 1.807) is 11.8 Å². The molecule has 184 valence electrons. The molecule has 1 aromatic rings. The first kappa shape index (κ1) is 24.0. The highest BCUT2D eigenvalue weighted by Gasteiger charge is 2.32. The van der Waals surface area contributed by atoms with E-state index in [-0.39, 0.29) is 23.8 Å². The van der Waals surface area contributed by atoms with Crippen LogP contribution in [-0.4, -0.2) is 59.0 Å². The number of esters is 1. The lowest BCUT2D eigenvalue weighted by molar-refractivity contribution is -0.164. The first-order chi connectivity index (χ1) is 16.4. The van der Waals surface area contributed by atoms with Crippen molar-refractivity contribution in [2.24, 2.45) is 4.99 Å². The summed E-state index contributed by atoms with van der Waals surface area (Å²) in [6.07, 6.45) is 6.61.